The number of nitrogens with zero attached hydrogens (tertiary/aromatic N) is 1. The first-order valence-corrected chi connectivity index (χ1v) is 6.47. The third-order valence-electron chi connectivity index (χ3n) is 3.19. The highest BCUT2D eigenvalue weighted by Gasteiger charge is 2.20. The van der Waals surface area contributed by atoms with Crippen LogP contribution in [0.1, 0.15) is 22.8 Å². The summed E-state index contributed by atoms with van der Waals surface area (Å²) in [4.78, 5) is 14.1. The molecule has 20 heavy (non-hydrogen) atoms. The number of anilines is 2. The molecule has 0 saturated heterocycles. The Balaban J connectivity index is 2.42. The van der Waals surface area contributed by atoms with Crippen molar-refractivity contribution in [2.24, 2.45) is 0 Å². The van der Waals surface area contributed by atoms with Gasteiger partial charge in [-0.3, -0.25) is 4.79 Å². The monoisotopic (exact) mass is 272 g/mol. The second kappa shape index (κ2) is 5.74. The quantitative estimate of drug-likeness (QED) is 0.871. The molecule has 1 amide bonds. The normalized spacial score (nSPS) is 10.3. The highest BCUT2D eigenvalue weighted by molar-refractivity contribution is 6.06. The van der Waals surface area contributed by atoms with Crippen LogP contribution in [0.4, 0.5) is 15.8 Å². The van der Waals surface area contributed by atoms with Crippen LogP contribution >= 0.6 is 0 Å². The molecule has 0 bridgehead atoms. The second-order valence-corrected chi connectivity index (χ2v) is 4.58. The van der Waals surface area contributed by atoms with Gasteiger partial charge in [0.1, 0.15) is 5.82 Å². The van der Waals surface area contributed by atoms with Gasteiger partial charge in [0.05, 0.1) is 5.56 Å². The van der Waals surface area contributed by atoms with E-state index in [9.17, 15) is 9.18 Å². The summed E-state index contributed by atoms with van der Waals surface area (Å²) in [6, 6.07) is 11.7. The van der Waals surface area contributed by atoms with Crippen molar-refractivity contribution in [3.8, 4) is 0 Å². The number of hydrogen-bond acceptors (Lipinski definition) is 2. The van der Waals surface area contributed by atoms with Crippen LogP contribution < -0.4 is 10.6 Å². The molecule has 0 aromatic heterocycles. The van der Waals surface area contributed by atoms with Gasteiger partial charge in [0, 0.05) is 17.9 Å². The molecule has 0 aliphatic heterocycles. The van der Waals surface area contributed by atoms with E-state index in [4.69, 9.17) is 5.73 Å². The van der Waals surface area contributed by atoms with E-state index in [0.717, 1.165) is 11.3 Å². The number of benzene rings is 2. The second-order valence-electron chi connectivity index (χ2n) is 4.58. The predicted molar refractivity (Wildman–Crippen MR) is 79.3 cm³/mol. The largest absolute Gasteiger partial charge is 0.399 e. The molecule has 3 nitrogen and oxygen atoms in total. The Morgan fingerprint density at radius 3 is 2.55 bits per heavy atom. The molecule has 4 heteroatoms. The number of nitrogens with two attached hydrogens (primary N) is 1. The molecule has 2 rings (SSSR count). The minimum Gasteiger partial charge on any atom is -0.399 e. The lowest BCUT2D eigenvalue weighted by molar-refractivity contribution is 0.0984. The van der Waals surface area contributed by atoms with Crippen molar-refractivity contribution in [2.45, 2.75) is 13.8 Å². The predicted octanol–water partition coefficient (Wildman–Crippen LogP) is 3.38. The first-order chi connectivity index (χ1) is 9.54. The Morgan fingerprint density at radius 2 is 1.95 bits per heavy atom. The molecule has 0 heterocycles. The topological polar surface area (TPSA) is 46.3 Å². The number of carbonyl (C=O) groups excluding carboxylic acids is 1. The van der Waals surface area contributed by atoms with Gasteiger partial charge in [0.25, 0.3) is 5.91 Å². The number of para-hydroxylation sites is 1. The Morgan fingerprint density at radius 1 is 1.25 bits per heavy atom. The Bertz CT molecular complexity index is 640. The van der Waals surface area contributed by atoms with Gasteiger partial charge in [-0.2, -0.15) is 0 Å². The smallest absolute Gasteiger partial charge is 0.261 e. The van der Waals surface area contributed by atoms with E-state index in [1.165, 1.54) is 18.2 Å². The first-order valence-electron chi connectivity index (χ1n) is 6.47. The molecule has 0 aliphatic rings. The number of halogens is 1. The molecule has 0 unspecified atom stereocenters. The zero-order valence-electron chi connectivity index (χ0n) is 11.6. The van der Waals surface area contributed by atoms with Gasteiger partial charge in [-0.05, 0) is 43.7 Å². The molecule has 0 fully saturated rings. The SMILES string of the molecule is CCN(C(=O)c1ccc(N)cc1F)c1ccccc1C. The maximum atomic E-state index is 13.9. The van der Waals surface area contributed by atoms with Crippen LogP contribution in [0.25, 0.3) is 0 Å². The highest BCUT2D eigenvalue weighted by Crippen LogP contribution is 2.23. The van der Waals surface area contributed by atoms with Gasteiger partial charge in [-0.15, -0.1) is 0 Å². The molecule has 2 aromatic rings. The highest BCUT2D eigenvalue weighted by atomic mass is 19.1. The van der Waals surface area contributed by atoms with E-state index in [-0.39, 0.29) is 11.5 Å². The van der Waals surface area contributed by atoms with Crippen LogP contribution in [0.3, 0.4) is 0 Å². The lowest BCUT2D eigenvalue weighted by Gasteiger charge is -2.23. The summed E-state index contributed by atoms with van der Waals surface area (Å²) in [7, 11) is 0. The minimum atomic E-state index is -0.595. The van der Waals surface area contributed by atoms with E-state index < -0.39 is 5.82 Å². The minimum absolute atomic E-state index is 0.0318. The molecule has 0 radical (unpaired) electrons. The van der Waals surface area contributed by atoms with Crippen LogP contribution in [0.15, 0.2) is 42.5 Å². The summed E-state index contributed by atoms with van der Waals surface area (Å²) in [5, 5.41) is 0. The Hall–Kier alpha value is -2.36. The molecular formula is C16H17FN2O. The molecule has 104 valence electrons. The van der Waals surface area contributed by atoms with E-state index >= 15 is 0 Å². The summed E-state index contributed by atoms with van der Waals surface area (Å²) in [6.45, 7) is 4.25. The molecule has 0 saturated carbocycles. The summed E-state index contributed by atoms with van der Waals surface area (Å²) in [5.74, 6) is -0.957. The lowest BCUT2D eigenvalue weighted by Crippen LogP contribution is -2.31. The van der Waals surface area contributed by atoms with E-state index in [1.807, 2.05) is 38.1 Å². The third kappa shape index (κ3) is 2.64. The van der Waals surface area contributed by atoms with E-state index in [0.29, 0.717) is 12.2 Å². The zero-order chi connectivity index (χ0) is 14.7. The van der Waals surface area contributed by atoms with Crippen molar-refractivity contribution in [1.29, 1.82) is 0 Å². The number of carbonyl (C=O) groups is 1. The first kappa shape index (κ1) is 14.1. The van der Waals surface area contributed by atoms with Gasteiger partial charge >= 0.3 is 0 Å². The maximum Gasteiger partial charge on any atom is 0.261 e. The summed E-state index contributed by atoms with van der Waals surface area (Å²) in [5.41, 5.74) is 7.60. The van der Waals surface area contributed by atoms with Crippen molar-refractivity contribution in [2.75, 3.05) is 17.2 Å². The van der Waals surface area contributed by atoms with Crippen LogP contribution in [-0.4, -0.2) is 12.5 Å². The van der Waals surface area contributed by atoms with E-state index in [2.05, 4.69) is 0 Å². The van der Waals surface area contributed by atoms with Crippen molar-refractivity contribution >= 4 is 17.3 Å². The van der Waals surface area contributed by atoms with Crippen molar-refractivity contribution in [1.82, 2.24) is 0 Å². The fourth-order valence-electron chi connectivity index (χ4n) is 2.14. The third-order valence-corrected chi connectivity index (χ3v) is 3.19. The van der Waals surface area contributed by atoms with Gasteiger partial charge in [0.2, 0.25) is 0 Å². The summed E-state index contributed by atoms with van der Waals surface area (Å²) < 4.78 is 13.9. The zero-order valence-corrected chi connectivity index (χ0v) is 11.6. The number of hydrogen-bond donors (Lipinski definition) is 1. The molecular weight excluding hydrogens is 255 g/mol. The van der Waals surface area contributed by atoms with Crippen LogP contribution in [-0.2, 0) is 0 Å². The van der Waals surface area contributed by atoms with Crippen LogP contribution in [0, 0.1) is 12.7 Å². The fraction of sp³-hybridized carbons (Fsp3) is 0.188. The Labute approximate surface area is 117 Å². The van der Waals surface area contributed by atoms with Gasteiger partial charge in [-0.25, -0.2) is 4.39 Å². The molecule has 2 N–H and O–H groups in total. The van der Waals surface area contributed by atoms with E-state index in [1.54, 1.807) is 4.90 Å². The van der Waals surface area contributed by atoms with Crippen LogP contribution in [0.2, 0.25) is 0 Å². The number of rotatable bonds is 3. The fourth-order valence-corrected chi connectivity index (χ4v) is 2.14. The Kier molecular flexibility index (Phi) is 4.03. The van der Waals surface area contributed by atoms with Crippen molar-refractivity contribution in [3.63, 3.8) is 0 Å². The summed E-state index contributed by atoms with van der Waals surface area (Å²) >= 11 is 0. The molecule has 2 aromatic carbocycles. The van der Waals surface area contributed by atoms with Crippen molar-refractivity contribution in [3.05, 3.63) is 59.4 Å². The lowest BCUT2D eigenvalue weighted by atomic mass is 10.1. The average Bonchev–Trinajstić information content (AvgIpc) is 2.41. The average molecular weight is 272 g/mol. The molecule has 0 spiro atoms. The number of nitrogen functional groups attached to an aromatic ring is 1. The number of aryl methyl sites for hydroxylation is 1. The van der Waals surface area contributed by atoms with Crippen molar-refractivity contribution < 1.29 is 9.18 Å². The van der Waals surface area contributed by atoms with Gasteiger partial charge in [-0.1, -0.05) is 18.2 Å². The molecule has 0 atom stereocenters. The number of amides is 1. The summed E-state index contributed by atoms with van der Waals surface area (Å²) in [6.07, 6.45) is 0. The van der Waals surface area contributed by atoms with Gasteiger partial charge in [0.15, 0.2) is 0 Å². The van der Waals surface area contributed by atoms with Gasteiger partial charge < -0.3 is 10.6 Å². The maximum absolute atomic E-state index is 13.9. The standard InChI is InChI=1S/C16H17FN2O/c1-3-19(15-7-5-4-6-11(15)2)16(20)13-9-8-12(18)10-14(13)17/h4-10H,3,18H2,1-2H3. The van der Waals surface area contributed by atoms with Crippen LogP contribution in [0.5, 0.6) is 0 Å². The molecule has 0 aliphatic carbocycles.